The second-order valence-corrected chi connectivity index (χ2v) is 9.10. The van der Waals surface area contributed by atoms with Crippen LogP contribution < -0.4 is 10.1 Å². The van der Waals surface area contributed by atoms with E-state index < -0.39 is 6.04 Å². The summed E-state index contributed by atoms with van der Waals surface area (Å²) >= 11 is 12.2. The third-order valence-corrected chi connectivity index (χ3v) is 6.52. The van der Waals surface area contributed by atoms with E-state index in [1.54, 1.807) is 17.0 Å². The van der Waals surface area contributed by atoms with Gasteiger partial charge >= 0.3 is 0 Å². The fourth-order valence-electron chi connectivity index (χ4n) is 4.05. The molecule has 32 heavy (non-hydrogen) atoms. The molecule has 2 amide bonds. The lowest BCUT2D eigenvalue weighted by atomic mass is 10.1. The van der Waals surface area contributed by atoms with Crippen LogP contribution in [0.5, 0.6) is 5.75 Å². The van der Waals surface area contributed by atoms with E-state index in [0.29, 0.717) is 22.2 Å². The monoisotopic (exact) mass is 476 g/mol. The van der Waals surface area contributed by atoms with Crippen molar-refractivity contribution >= 4 is 35.0 Å². The van der Waals surface area contributed by atoms with Crippen LogP contribution >= 0.6 is 23.2 Å². The van der Waals surface area contributed by atoms with Gasteiger partial charge in [-0.1, -0.05) is 61.2 Å². The number of benzene rings is 2. The summed E-state index contributed by atoms with van der Waals surface area (Å²) in [6, 6.07) is 12.4. The Kier molecular flexibility index (Phi) is 8.83. The van der Waals surface area contributed by atoms with E-state index in [1.807, 2.05) is 44.2 Å². The van der Waals surface area contributed by atoms with Crippen molar-refractivity contribution in [2.45, 2.75) is 64.6 Å². The molecule has 1 fully saturated rings. The van der Waals surface area contributed by atoms with Gasteiger partial charge in [0.2, 0.25) is 5.91 Å². The molecule has 1 saturated carbocycles. The predicted octanol–water partition coefficient (Wildman–Crippen LogP) is 5.55. The van der Waals surface area contributed by atoms with E-state index in [-0.39, 0.29) is 31.0 Å². The fraction of sp³-hybridized carbons (Fsp3) is 0.440. The van der Waals surface area contributed by atoms with E-state index in [4.69, 9.17) is 27.9 Å². The van der Waals surface area contributed by atoms with Crippen molar-refractivity contribution in [2.75, 3.05) is 6.61 Å². The van der Waals surface area contributed by atoms with Gasteiger partial charge in [0.1, 0.15) is 11.8 Å². The standard InChI is InChI=1S/C25H30Cl2N2O3/c1-3-23(25(31)28-19-8-4-5-9-19)29(15-18-11-12-21(26)22(27)14-18)24(30)16-32-20-10-6-7-17(2)13-20/h6-7,10-14,19,23H,3-5,8-9,15-16H2,1-2H3,(H,28,31)/t23-/m1/s1. The first-order chi connectivity index (χ1) is 15.4. The number of amides is 2. The highest BCUT2D eigenvalue weighted by Gasteiger charge is 2.31. The fourth-order valence-corrected chi connectivity index (χ4v) is 4.38. The van der Waals surface area contributed by atoms with Crippen molar-refractivity contribution in [1.82, 2.24) is 10.2 Å². The first-order valence-corrected chi connectivity index (χ1v) is 11.9. The molecule has 0 saturated heterocycles. The summed E-state index contributed by atoms with van der Waals surface area (Å²) in [5.74, 6) is 0.241. The van der Waals surface area contributed by atoms with Gasteiger partial charge in [0, 0.05) is 12.6 Å². The van der Waals surface area contributed by atoms with E-state index in [2.05, 4.69) is 5.32 Å². The number of rotatable bonds is 9. The molecule has 3 rings (SSSR count). The highest BCUT2D eigenvalue weighted by atomic mass is 35.5. The molecule has 0 aromatic heterocycles. The lowest BCUT2D eigenvalue weighted by molar-refractivity contribution is -0.143. The maximum absolute atomic E-state index is 13.3. The molecule has 1 aliphatic carbocycles. The van der Waals surface area contributed by atoms with Gasteiger partial charge in [-0.3, -0.25) is 9.59 Å². The Hall–Kier alpha value is -2.24. The summed E-state index contributed by atoms with van der Waals surface area (Å²) in [5, 5.41) is 3.99. The van der Waals surface area contributed by atoms with Crippen LogP contribution in [0.3, 0.4) is 0 Å². The zero-order valence-corrected chi connectivity index (χ0v) is 20.1. The van der Waals surface area contributed by atoms with E-state index in [0.717, 1.165) is 36.8 Å². The lowest BCUT2D eigenvalue weighted by Gasteiger charge is -2.31. The second kappa shape index (κ2) is 11.6. The number of carbonyl (C=O) groups is 2. The Balaban J connectivity index is 1.78. The maximum Gasteiger partial charge on any atom is 0.261 e. The van der Waals surface area contributed by atoms with Crippen molar-refractivity contribution in [1.29, 1.82) is 0 Å². The number of hydrogen-bond donors (Lipinski definition) is 1. The SMILES string of the molecule is CC[C@H](C(=O)NC1CCCC1)N(Cc1ccc(Cl)c(Cl)c1)C(=O)COc1cccc(C)c1. The molecule has 1 aliphatic rings. The molecule has 5 nitrogen and oxygen atoms in total. The highest BCUT2D eigenvalue weighted by Crippen LogP contribution is 2.25. The summed E-state index contributed by atoms with van der Waals surface area (Å²) in [5.41, 5.74) is 1.85. The molecule has 2 aromatic rings. The third kappa shape index (κ3) is 6.63. The van der Waals surface area contributed by atoms with Crippen molar-refractivity contribution in [3.8, 4) is 5.75 Å². The predicted molar refractivity (Wildman–Crippen MR) is 128 cm³/mol. The molecular formula is C25H30Cl2N2O3. The Bertz CT molecular complexity index is 945. The summed E-state index contributed by atoms with van der Waals surface area (Å²) in [7, 11) is 0. The molecule has 2 aromatic carbocycles. The van der Waals surface area contributed by atoms with Gasteiger partial charge in [-0.2, -0.15) is 0 Å². The van der Waals surface area contributed by atoms with Crippen LogP contribution in [0.15, 0.2) is 42.5 Å². The normalized spacial score (nSPS) is 14.8. The van der Waals surface area contributed by atoms with E-state index in [1.165, 1.54) is 0 Å². The van der Waals surface area contributed by atoms with Gasteiger partial charge in [0.15, 0.2) is 6.61 Å². The molecule has 1 N–H and O–H groups in total. The summed E-state index contributed by atoms with van der Waals surface area (Å²) in [6.45, 7) is 3.96. The highest BCUT2D eigenvalue weighted by molar-refractivity contribution is 6.42. The van der Waals surface area contributed by atoms with Crippen LogP contribution in [0.2, 0.25) is 10.0 Å². The van der Waals surface area contributed by atoms with Crippen LogP contribution in [-0.4, -0.2) is 35.4 Å². The van der Waals surface area contributed by atoms with Crippen LogP contribution in [0, 0.1) is 6.92 Å². The van der Waals surface area contributed by atoms with Gasteiger partial charge in [-0.15, -0.1) is 0 Å². The average Bonchev–Trinajstić information content (AvgIpc) is 3.27. The van der Waals surface area contributed by atoms with Crippen molar-refractivity contribution in [2.24, 2.45) is 0 Å². The zero-order chi connectivity index (χ0) is 23.1. The Morgan fingerprint density at radius 1 is 1.12 bits per heavy atom. The summed E-state index contributed by atoms with van der Waals surface area (Å²) in [6.07, 6.45) is 4.71. The molecule has 1 atom stereocenters. The van der Waals surface area contributed by atoms with Crippen molar-refractivity contribution in [3.63, 3.8) is 0 Å². The topological polar surface area (TPSA) is 58.6 Å². The quantitative estimate of drug-likeness (QED) is 0.516. The molecule has 7 heteroatoms. The number of nitrogens with zero attached hydrogens (tertiary/aromatic N) is 1. The smallest absolute Gasteiger partial charge is 0.261 e. The summed E-state index contributed by atoms with van der Waals surface area (Å²) < 4.78 is 5.75. The third-order valence-electron chi connectivity index (χ3n) is 5.78. The number of ether oxygens (including phenoxy) is 1. The zero-order valence-electron chi connectivity index (χ0n) is 18.6. The number of halogens is 2. The van der Waals surface area contributed by atoms with Gasteiger partial charge in [-0.25, -0.2) is 0 Å². The minimum absolute atomic E-state index is 0.122. The number of aryl methyl sites for hydroxylation is 1. The summed E-state index contributed by atoms with van der Waals surface area (Å²) in [4.78, 5) is 28.0. The van der Waals surface area contributed by atoms with E-state index in [9.17, 15) is 9.59 Å². The van der Waals surface area contributed by atoms with E-state index >= 15 is 0 Å². The van der Waals surface area contributed by atoms with Gasteiger partial charge in [-0.05, 0) is 61.6 Å². The van der Waals surface area contributed by atoms with Crippen LogP contribution in [-0.2, 0) is 16.1 Å². The molecule has 0 heterocycles. The van der Waals surface area contributed by atoms with Crippen molar-refractivity contribution in [3.05, 3.63) is 63.6 Å². The number of carbonyl (C=O) groups excluding carboxylic acids is 2. The molecule has 0 bridgehead atoms. The van der Waals surface area contributed by atoms with Gasteiger partial charge < -0.3 is 15.0 Å². The van der Waals surface area contributed by atoms with Crippen molar-refractivity contribution < 1.29 is 14.3 Å². The molecule has 0 unspecified atom stereocenters. The van der Waals surface area contributed by atoms with Crippen LogP contribution in [0.4, 0.5) is 0 Å². The largest absolute Gasteiger partial charge is 0.484 e. The molecular weight excluding hydrogens is 447 g/mol. The molecule has 0 radical (unpaired) electrons. The first-order valence-electron chi connectivity index (χ1n) is 11.1. The minimum atomic E-state index is -0.598. The maximum atomic E-state index is 13.3. The van der Waals surface area contributed by atoms with Crippen LogP contribution in [0.1, 0.15) is 50.2 Å². The Labute approximate surface area is 200 Å². The second-order valence-electron chi connectivity index (χ2n) is 8.29. The molecule has 0 aliphatic heterocycles. The van der Waals surface area contributed by atoms with Crippen LogP contribution in [0.25, 0.3) is 0 Å². The minimum Gasteiger partial charge on any atom is -0.484 e. The first kappa shape index (κ1) is 24.4. The Morgan fingerprint density at radius 3 is 2.53 bits per heavy atom. The molecule has 0 spiro atoms. The molecule has 172 valence electrons. The Morgan fingerprint density at radius 2 is 1.88 bits per heavy atom. The number of hydrogen-bond acceptors (Lipinski definition) is 3. The average molecular weight is 477 g/mol. The lowest BCUT2D eigenvalue weighted by Crippen LogP contribution is -2.52. The van der Waals surface area contributed by atoms with Gasteiger partial charge in [0.05, 0.1) is 10.0 Å². The number of nitrogens with one attached hydrogen (secondary N) is 1. The van der Waals surface area contributed by atoms with Gasteiger partial charge in [0.25, 0.3) is 5.91 Å².